The molecule has 1 heterocycles. The number of hydrogen-bond acceptors (Lipinski definition) is 4. The molecule has 6 heteroatoms. The molecular formula is C13H13NO4S. The van der Waals surface area contributed by atoms with Crippen LogP contribution in [0, 0.1) is 0 Å². The number of carbonyl (C=O) groups excluding carboxylic acids is 2. The first-order valence-electron chi connectivity index (χ1n) is 5.82. The lowest BCUT2D eigenvalue weighted by atomic mass is 10.1. The molecular weight excluding hydrogens is 266 g/mol. The van der Waals surface area contributed by atoms with E-state index in [-0.39, 0.29) is 18.4 Å². The lowest BCUT2D eigenvalue weighted by Crippen LogP contribution is -2.32. The summed E-state index contributed by atoms with van der Waals surface area (Å²) in [6, 6.07) is 6.69. The van der Waals surface area contributed by atoms with Gasteiger partial charge in [0.05, 0.1) is 16.4 Å². The SMILES string of the molecule is CC(SCCN1C(=O)c2ccccc2C1=O)C(=O)O. The molecule has 19 heavy (non-hydrogen) atoms. The molecule has 1 atom stereocenters. The first kappa shape index (κ1) is 13.6. The second kappa shape index (κ2) is 5.44. The van der Waals surface area contributed by atoms with Gasteiger partial charge in [-0.3, -0.25) is 19.3 Å². The molecule has 5 nitrogen and oxygen atoms in total. The van der Waals surface area contributed by atoms with Gasteiger partial charge in [-0.05, 0) is 19.1 Å². The summed E-state index contributed by atoms with van der Waals surface area (Å²) >= 11 is 1.21. The van der Waals surface area contributed by atoms with Crippen molar-refractivity contribution in [3.63, 3.8) is 0 Å². The van der Waals surface area contributed by atoms with E-state index in [2.05, 4.69) is 0 Å². The predicted molar refractivity (Wildman–Crippen MR) is 71.4 cm³/mol. The number of imide groups is 1. The molecule has 1 unspecified atom stereocenters. The van der Waals surface area contributed by atoms with Gasteiger partial charge >= 0.3 is 5.97 Å². The normalized spacial score (nSPS) is 15.5. The van der Waals surface area contributed by atoms with Crippen LogP contribution in [0.5, 0.6) is 0 Å². The molecule has 0 radical (unpaired) electrons. The maximum Gasteiger partial charge on any atom is 0.316 e. The number of hydrogen-bond donors (Lipinski definition) is 1. The Morgan fingerprint density at radius 1 is 1.26 bits per heavy atom. The Morgan fingerprint density at radius 2 is 1.79 bits per heavy atom. The molecule has 0 bridgehead atoms. The Bertz CT molecular complexity index is 508. The van der Waals surface area contributed by atoms with E-state index in [1.807, 2.05) is 0 Å². The summed E-state index contributed by atoms with van der Waals surface area (Å²) in [5, 5.41) is 8.21. The molecule has 0 saturated heterocycles. The summed E-state index contributed by atoms with van der Waals surface area (Å²) in [5.41, 5.74) is 0.840. The van der Waals surface area contributed by atoms with Gasteiger partial charge in [0.2, 0.25) is 0 Å². The van der Waals surface area contributed by atoms with Gasteiger partial charge in [-0.2, -0.15) is 0 Å². The number of amides is 2. The molecule has 0 aliphatic carbocycles. The van der Waals surface area contributed by atoms with Crippen LogP contribution in [0.4, 0.5) is 0 Å². The lowest BCUT2D eigenvalue weighted by molar-refractivity contribution is -0.136. The highest BCUT2D eigenvalue weighted by Crippen LogP contribution is 2.23. The van der Waals surface area contributed by atoms with E-state index < -0.39 is 11.2 Å². The fraction of sp³-hybridized carbons (Fsp3) is 0.308. The van der Waals surface area contributed by atoms with Crippen molar-refractivity contribution in [1.82, 2.24) is 4.90 Å². The Labute approximate surface area is 114 Å². The van der Waals surface area contributed by atoms with Crippen molar-refractivity contribution in [3.8, 4) is 0 Å². The molecule has 0 aromatic heterocycles. The van der Waals surface area contributed by atoms with E-state index in [9.17, 15) is 14.4 Å². The van der Waals surface area contributed by atoms with Crippen LogP contribution in [-0.4, -0.2) is 45.3 Å². The summed E-state index contributed by atoms with van der Waals surface area (Å²) in [7, 11) is 0. The van der Waals surface area contributed by atoms with Crippen molar-refractivity contribution in [1.29, 1.82) is 0 Å². The Kier molecular flexibility index (Phi) is 3.90. The molecule has 0 saturated carbocycles. The number of aliphatic carboxylic acids is 1. The Hall–Kier alpha value is -1.82. The summed E-state index contributed by atoms with van der Waals surface area (Å²) in [6.07, 6.45) is 0. The lowest BCUT2D eigenvalue weighted by Gasteiger charge is -2.14. The van der Waals surface area contributed by atoms with Gasteiger partial charge in [0.1, 0.15) is 0 Å². The quantitative estimate of drug-likeness (QED) is 0.826. The number of carboxylic acids is 1. The van der Waals surface area contributed by atoms with Crippen LogP contribution in [-0.2, 0) is 4.79 Å². The van der Waals surface area contributed by atoms with Gasteiger partial charge < -0.3 is 5.11 Å². The highest BCUT2D eigenvalue weighted by molar-refractivity contribution is 8.00. The minimum absolute atomic E-state index is 0.231. The molecule has 0 spiro atoms. The van der Waals surface area contributed by atoms with Crippen LogP contribution in [0.15, 0.2) is 24.3 Å². The summed E-state index contributed by atoms with van der Waals surface area (Å²) in [4.78, 5) is 35.8. The van der Waals surface area contributed by atoms with Crippen molar-refractivity contribution < 1.29 is 19.5 Å². The van der Waals surface area contributed by atoms with Crippen molar-refractivity contribution in [2.45, 2.75) is 12.2 Å². The number of carbonyl (C=O) groups is 3. The van der Waals surface area contributed by atoms with E-state index in [1.54, 1.807) is 31.2 Å². The van der Waals surface area contributed by atoms with Crippen LogP contribution in [0.1, 0.15) is 27.6 Å². The highest BCUT2D eigenvalue weighted by Gasteiger charge is 2.34. The minimum Gasteiger partial charge on any atom is -0.480 e. The number of rotatable bonds is 5. The molecule has 2 rings (SSSR count). The third-order valence-electron chi connectivity index (χ3n) is 2.91. The zero-order valence-corrected chi connectivity index (χ0v) is 11.1. The van der Waals surface area contributed by atoms with Crippen molar-refractivity contribution in [2.75, 3.05) is 12.3 Å². The van der Waals surface area contributed by atoms with E-state index in [0.717, 1.165) is 0 Å². The number of fused-ring (bicyclic) bond motifs is 1. The van der Waals surface area contributed by atoms with Gasteiger partial charge in [-0.25, -0.2) is 0 Å². The number of thioether (sulfide) groups is 1. The van der Waals surface area contributed by atoms with Crippen molar-refractivity contribution in [3.05, 3.63) is 35.4 Å². The standard InChI is InChI=1S/C13H13NO4S/c1-8(13(17)18)19-7-6-14-11(15)9-4-2-3-5-10(9)12(14)16/h2-5,8H,6-7H2,1H3,(H,17,18). The topological polar surface area (TPSA) is 74.7 Å². The summed E-state index contributed by atoms with van der Waals surface area (Å²) in [6.45, 7) is 1.81. The highest BCUT2D eigenvalue weighted by atomic mass is 32.2. The van der Waals surface area contributed by atoms with Crippen LogP contribution in [0.25, 0.3) is 0 Å². The molecule has 1 aromatic carbocycles. The third-order valence-corrected chi connectivity index (χ3v) is 4.03. The van der Waals surface area contributed by atoms with E-state index in [0.29, 0.717) is 16.9 Å². The average molecular weight is 279 g/mol. The average Bonchev–Trinajstić information content (AvgIpc) is 2.64. The second-order valence-corrected chi connectivity index (χ2v) is 5.61. The smallest absolute Gasteiger partial charge is 0.316 e. The first-order valence-corrected chi connectivity index (χ1v) is 6.87. The fourth-order valence-corrected chi connectivity index (χ4v) is 2.62. The molecule has 100 valence electrons. The molecule has 1 aromatic rings. The molecule has 1 aliphatic heterocycles. The minimum atomic E-state index is -0.896. The van der Waals surface area contributed by atoms with Crippen molar-refractivity contribution >= 4 is 29.5 Å². The maximum atomic E-state index is 12.0. The number of carboxylic acid groups (broad SMARTS) is 1. The fourth-order valence-electron chi connectivity index (χ4n) is 1.83. The second-order valence-electron chi connectivity index (χ2n) is 4.16. The van der Waals surface area contributed by atoms with Gasteiger partial charge in [-0.15, -0.1) is 11.8 Å². The summed E-state index contributed by atoms with van der Waals surface area (Å²) in [5.74, 6) is -1.08. The molecule has 1 N–H and O–H groups in total. The number of nitrogens with zero attached hydrogens (tertiary/aromatic N) is 1. The summed E-state index contributed by atoms with van der Waals surface area (Å²) < 4.78 is 0. The van der Waals surface area contributed by atoms with Gasteiger partial charge in [0.15, 0.2) is 0 Å². The van der Waals surface area contributed by atoms with Gasteiger partial charge in [0.25, 0.3) is 11.8 Å². The van der Waals surface area contributed by atoms with E-state index >= 15 is 0 Å². The Morgan fingerprint density at radius 3 is 2.26 bits per heavy atom. The van der Waals surface area contributed by atoms with Crippen LogP contribution in [0.3, 0.4) is 0 Å². The molecule has 1 aliphatic rings. The van der Waals surface area contributed by atoms with Crippen LogP contribution < -0.4 is 0 Å². The zero-order valence-electron chi connectivity index (χ0n) is 10.3. The molecule has 0 fully saturated rings. The van der Waals surface area contributed by atoms with Gasteiger partial charge in [-0.1, -0.05) is 12.1 Å². The number of benzene rings is 1. The van der Waals surface area contributed by atoms with Crippen LogP contribution >= 0.6 is 11.8 Å². The van der Waals surface area contributed by atoms with Gasteiger partial charge in [0, 0.05) is 12.3 Å². The molecule has 2 amide bonds. The predicted octanol–water partition coefficient (Wildman–Crippen LogP) is 1.49. The monoisotopic (exact) mass is 279 g/mol. The third kappa shape index (κ3) is 2.63. The van der Waals surface area contributed by atoms with Crippen LogP contribution in [0.2, 0.25) is 0 Å². The zero-order chi connectivity index (χ0) is 14.0. The van der Waals surface area contributed by atoms with Crippen molar-refractivity contribution in [2.24, 2.45) is 0 Å². The van der Waals surface area contributed by atoms with E-state index in [4.69, 9.17) is 5.11 Å². The largest absolute Gasteiger partial charge is 0.480 e. The Balaban J connectivity index is 1.99. The van der Waals surface area contributed by atoms with E-state index in [1.165, 1.54) is 16.7 Å². The first-order chi connectivity index (χ1) is 9.02. The maximum absolute atomic E-state index is 12.0.